The topological polar surface area (TPSA) is 43.1 Å². The van der Waals surface area contributed by atoms with E-state index in [9.17, 15) is 9.18 Å². The molecule has 2 aromatic rings. The molecule has 0 saturated heterocycles. The minimum absolute atomic E-state index is 0.230. The molecule has 0 unspecified atom stereocenters. The molecule has 2 aliphatic rings. The van der Waals surface area contributed by atoms with E-state index in [2.05, 4.69) is 0 Å². The van der Waals surface area contributed by atoms with Gasteiger partial charge in [-0.2, -0.15) is 0 Å². The highest BCUT2D eigenvalue weighted by molar-refractivity contribution is 6.00. The van der Waals surface area contributed by atoms with Gasteiger partial charge in [0.2, 0.25) is 5.91 Å². The molecule has 0 spiro atoms. The minimum atomic E-state index is -0.402. The first-order valence-corrected chi connectivity index (χ1v) is 8.08. The van der Waals surface area contributed by atoms with E-state index in [4.69, 9.17) is 5.73 Å². The summed E-state index contributed by atoms with van der Waals surface area (Å²) in [6, 6.07) is 10.4. The second kappa shape index (κ2) is 5.34. The van der Waals surface area contributed by atoms with Crippen LogP contribution in [0.15, 0.2) is 42.0 Å². The van der Waals surface area contributed by atoms with Crippen LogP contribution in [0.1, 0.15) is 47.2 Å². The van der Waals surface area contributed by atoms with E-state index < -0.39 is 5.91 Å². The fourth-order valence-electron chi connectivity index (χ4n) is 3.99. The molecule has 0 radical (unpaired) electrons. The first-order valence-electron chi connectivity index (χ1n) is 8.08. The summed E-state index contributed by atoms with van der Waals surface area (Å²) in [5.74, 6) is -0.632. The van der Waals surface area contributed by atoms with Gasteiger partial charge in [-0.1, -0.05) is 29.8 Å². The summed E-state index contributed by atoms with van der Waals surface area (Å²) in [7, 11) is 0. The molecule has 0 atom stereocenters. The Bertz CT molecular complexity index is 851. The molecular formula is C20H18FNO. The molecule has 2 N–H and O–H groups in total. The van der Waals surface area contributed by atoms with Crippen LogP contribution in [0.2, 0.25) is 0 Å². The first-order chi connectivity index (χ1) is 11.2. The van der Waals surface area contributed by atoms with Crippen LogP contribution in [0.4, 0.5) is 4.39 Å². The lowest BCUT2D eigenvalue weighted by molar-refractivity contribution is 0.0999. The van der Waals surface area contributed by atoms with Crippen LogP contribution < -0.4 is 5.73 Å². The predicted molar refractivity (Wildman–Crippen MR) is 89.4 cm³/mol. The number of carbonyl (C=O) groups excluding carboxylic acids is 1. The number of primary amides is 1. The average Bonchev–Trinajstić information content (AvgIpc) is 2.94. The van der Waals surface area contributed by atoms with Crippen molar-refractivity contribution in [2.75, 3.05) is 0 Å². The van der Waals surface area contributed by atoms with Crippen molar-refractivity contribution in [2.24, 2.45) is 5.73 Å². The van der Waals surface area contributed by atoms with Gasteiger partial charge in [0.1, 0.15) is 5.82 Å². The largest absolute Gasteiger partial charge is 0.366 e. The molecule has 0 aliphatic heterocycles. The van der Waals surface area contributed by atoms with E-state index in [1.54, 1.807) is 18.2 Å². The maximum Gasteiger partial charge on any atom is 0.249 e. The quantitative estimate of drug-likeness (QED) is 0.873. The monoisotopic (exact) mass is 307 g/mol. The molecule has 0 aromatic heterocycles. The van der Waals surface area contributed by atoms with Crippen molar-refractivity contribution >= 4 is 11.5 Å². The number of amides is 1. The molecular weight excluding hydrogens is 289 g/mol. The fraction of sp³-hybridized carbons (Fsp3) is 0.250. The van der Waals surface area contributed by atoms with Crippen molar-refractivity contribution < 1.29 is 9.18 Å². The molecule has 0 saturated carbocycles. The van der Waals surface area contributed by atoms with Crippen LogP contribution in [0, 0.1) is 5.82 Å². The SMILES string of the molecule is NC(=O)c1ccc(-c2ccccc2F)c2c1CC1=C2CCCC1. The molecule has 0 fully saturated rings. The summed E-state index contributed by atoms with van der Waals surface area (Å²) in [5.41, 5.74) is 12.4. The molecule has 4 rings (SSSR count). The van der Waals surface area contributed by atoms with Gasteiger partial charge in [0, 0.05) is 11.1 Å². The zero-order valence-electron chi connectivity index (χ0n) is 12.9. The maximum atomic E-state index is 14.3. The van der Waals surface area contributed by atoms with Crippen LogP contribution in [0.25, 0.3) is 16.7 Å². The van der Waals surface area contributed by atoms with Crippen molar-refractivity contribution in [1.29, 1.82) is 0 Å². The number of allylic oxidation sites excluding steroid dienone is 2. The van der Waals surface area contributed by atoms with Gasteiger partial charge in [-0.3, -0.25) is 4.79 Å². The third-order valence-electron chi connectivity index (χ3n) is 5.02. The number of carbonyl (C=O) groups is 1. The van der Waals surface area contributed by atoms with Crippen molar-refractivity contribution in [2.45, 2.75) is 32.1 Å². The van der Waals surface area contributed by atoms with E-state index >= 15 is 0 Å². The Morgan fingerprint density at radius 2 is 1.78 bits per heavy atom. The van der Waals surface area contributed by atoms with Crippen molar-refractivity contribution in [3.8, 4) is 11.1 Å². The van der Waals surface area contributed by atoms with Gasteiger partial charge in [-0.15, -0.1) is 0 Å². The van der Waals surface area contributed by atoms with Gasteiger partial charge in [-0.05, 0) is 66.5 Å². The lowest BCUT2D eigenvalue weighted by atomic mass is 9.87. The van der Waals surface area contributed by atoms with Crippen molar-refractivity contribution in [3.05, 3.63) is 64.5 Å². The summed E-state index contributed by atoms with van der Waals surface area (Å²) in [6.45, 7) is 0. The van der Waals surface area contributed by atoms with Crippen LogP contribution in [0.5, 0.6) is 0 Å². The Morgan fingerprint density at radius 3 is 2.57 bits per heavy atom. The standard InChI is InChI=1S/C20H18FNO/c21-18-8-4-3-7-14(18)15-9-10-16(20(22)23)17-11-12-5-1-2-6-13(12)19(15)17/h3-4,7-10H,1-2,5-6,11H2,(H2,22,23). The maximum absolute atomic E-state index is 14.3. The van der Waals surface area contributed by atoms with Gasteiger partial charge in [0.15, 0.2) is 0 Å². The number of halogens is 1. The third-order valence-corrected chi connectivity index (χ3v) is 5.02. The molecule has 2 aromatic carbocycles. The fourth-order valence-corrected chi connectivity index (χ4v) is 3.99. The van der Waals surface area contributed by atoms with E-state index in [0.29, 0.717) is 11.1 Å². The molecule has 1 amide bonds. The number of fused-ring (bicyclic) bond motifs is 2. The van der Waals surface area contributed by atoms with Gasteiger partial charge >= 0.3 is 0 Å². The number of hydrogen-bond donors (Lipinski definition) is 1. The molecule has 23 heavy (non-hydrogen) atoms. The smallest absolute Gasteiger partial charge is 0.249 e. The molecule has 0 bridgehead atoms. The molecule has 116 valence electrons. The summed E-state index contributed by atoms with van der Waals surface area (Å²) < 4.78 is 14.3. The zero-order valence-corrected chi connectivity index (χ0v) is 12.9. The zero-order chi connectivity index (χ0) is 16.0. The van der Waals surface area contributed by atoms with Crippen LogP contribution >= 0.6 is 0 Å². The highest BCUT2D eigenvalue weighted by atomic mass is 19.1. The number of benzene rings is 2. The molecule has 2 nitrogen and oxygen atoms in total. The first kappa shape index (κ1) is 14.2. The summed E-state index contributed by atoms with van der Waals surface area (Å²) in [4.78, 5) is 11.8. The third kappa shape index (κ3) is 2.19. The van der Waals surface area contributed by atoms with Crippen LogP contribution in [-0.4, -0.2) is 5.91 Å². The molecule has 2 aliphatic carbocycles. The Hall–Kier alpha value is -2.42. The van der Waals surface area contributed by atoms with E-state index in [-0.39, 0.29) is 5.82 Å². The second-order valence-corrected chi connectivity index (χ2v) is 6.32. The second-order valence-electron chi connectivity index (χ2n) is 6.32. The highest BCUT2D eigenvalue weighted by Gasteiger charge is 2.30. The summed E-state index contributed by atoms with van der Waals surface area (Å²) in [5, 5.41) is 0. The summed E-state index contributed by atoms with van der Waals surface area (Å²) in [6.07, 6.45) is 5.19. The van der Waals surface area contributed by atoms with Gasteiger partial charge in [0.05, 0.1) is 0 Å². The highest BCUT2D eigenvalue weighted by Crippen LogP contribution is 2.47. The Kier molecular flexibility index (Phi) is 3.29. The lowest BCUT2D eigenvalue weighted by Crippen LogP contribution is -2.14. The Balaban J connectivity index is 1.99. The average molecular weight is 307 g/mol. The molecule has 0 heterocycles. The molecule has 3 heteroatoms. The van der Waals surface area contributed by atoms with Crippen LogP contribution in [-0.2, 0) is 6.42 Å². The van der Waals surface area contributed by atoms with E-state index in [1.807, 2.05) is 12.1 Å². The normalized spacial score (nSPS) is 16.2. The number of rotatable bonds is 2. The van der Waals surface area contributed by atoms with Gasteiger partial charge < -0.3 is 5.73 Å². The number of hydrogen-bond acceptors (Lipinski definition) is 1. The van der Waals surface area contributed by atoms with Gasteiger partial charge in [0.25, 0.3) is 0 Å². The van der Waals surface area contributed by atoms with Crippen LogP contribution in [0.3, 0.4) is 0 Å². The van der Waals surface area contributed by atoms with E-state index in [0.717, 1.165) is 42.4 Å². The minimum Gasteiger partial charge on any atom is -0.366 e. The van der Waals surface area contributed by atoms with Crippen molar-refractivity contribution in [3.63, 3.8) is 0 Å². The van der Waals surface area contributed by atoms with E-state index in [1.165, 1.54) is 23.6 Å². The number of nitrogens with two attached hydrogens (primary N) is 1. The lowest BCUT2D eigenvalue weighted by Gasteiger charge is -2.17. The van der Waals surface area contributed by atoms with Gasteiger partial charge in [-0.25, -0.2) is 4.39 Å². The summed E-state index contributed by atoms with van der Waals surface area (Å²) >= 11 is 0. The Morgan fingerprint density at radius 1 is 1.00 bits per heavy atom. The predicted octanol–water partition coefficient (Wildman–Crippen LogP) is 4.48. The Labute approximate surface area is 134 Å². The van der Waals surface area contributed by atoms with Crippen molar-refractivity contribution in [1.82, 2.24) is 0 Å².